The van der Waals surface area contributed by atoms with Gasteiger partial charge in [0.25, 0.3) is 5.56 Å². The molecule has 11 nitrogen and oxygen atoms in total. The van der Waals surface area contributed by atoms with Gasteiger partial charge < -0.3 is 29.6 Å². The average molecular weight is 512 g/mol. The van der Waals surface area contributed by atoms with Gasteiger partial charge in [-0.3, -0.25) is 9.78 Å². The van der Waals surface area contributed by atoms with Gasteiger partial charge in [0.05, 0.1) is 31.1 Å². The van der Waals surface area contributed by atoms with Crippen molar-refractivity contribution >= 4 is 22.9 Å². The molecule has 0 bridgehead atoms. The first kappa shape index (κ1) is 27.9. The van der Waals surface area contributed by atoms with E-state index in [1.54, 1.807) is 35.0 Å². The molecule has 2 N–H and O–H groups in total. The van der Waals surface area contributed by atoms with Crippen LogP contribution < -0.4 is 20.9 Å². The van der Waals surface area contributed by atoms with E-state index in [2.05, 4.69) is 25.6 Å². The fourth-order valence-electron chi connectivity index (χ4n) is 3.81. The molecule has 0 aliphatic rings. The van der Waals surface area contributed by atoms with Gasteiger partial charge in [-0.15, -0.1) is 0 Å². The van der Waals surface area contributed by atoms with Crippen LogP contribution in [0.2, 0.25) is 0 Å². The van der Waals surface area contributed by atoms with Crippen LogP contribution in [0.4, 0.5) is 10.6 Å². The van der Waals surface area contributed by atoms with E-state index < -0.39 is 0 Å². The van der Waals surface area contributed by atoms with E-state index in [-0.39, 0.29) is 17.4 Å². The third-order valence-corrected chi connectivity index (χ3v) is 5.85. The second-order valence-corrected chi connectivity index (χ2v) is 8.36. The van der Waals surface area contributed by atoms with Crippen LogP contribution in [-0.2, 0) is 11.3 Å². The Bertz CT molecular complexity index is 1210. The molecular weight excluding hydrogens is 474 g/mol. The maximum Gasteiger partial charge on any atom is 0.317 e. The van der Waals surface area contributed by atoms with Crippen molar-refractivity contribution in [1.29, 1.82) is 0 Å². The van der Waals surface area contributed by atoms with Crippen LogP contribution in [0.25, 0.3) is 22.3 Å². The highest BCUT2D eigenvalue weighted by Gasteiger charge is 2.14. The second kappa shape index (κ2) is 14.1. The Morgan fingerprint density at radius 2 is 1.89 bits per heavy atom. The number of aromatic nitrogens is 4. The number of pyridine rings is 2. The maximum absolute atomic E-state index is 13.4. The minimum atomic E-state index is -0.232. The summed E-state index contributed by atoms with van der Waals surface area (Å²) in [5.41, 5.74) is 2.51. The first-order valence-corrected chi connectivity index (χ1v) is 12.8. The molecule has 3 rings (SSSR count). The average Bonchev–Trinajstić information content (AvgIpc) is 2.92. The smallest absolute Gasteiger partial charge is 0.317 e. The van der Waals surface area contributed by atoms with Gasteiger partial charge in [0.1, 0.15) is 5.52 Å². The van der Waals surface area contributed by atoms with Crippen molar-refractivity contribution in [1.82, 2.24) is 29.7 Å². The van der Waals surface area contributed by atoms with Crippen molar-refractivity contribution in [2.75, 3.05) is 51.8 Å². The Hall–Kier alpha value is -3.73. The summed E-state index contributed by atoms with van der Waals surface area (Å²) < 4.78 is 12.5. The lowest BCUT2D eigenvalue weighted by Crippen LogP contribution is -2.40. The number of ether oxygens (including phenoxy) is 2. The first-order chi connectivity index (χ1) is 18.0. The Kier molecular flexibility index (Phi) is 10.6. The molecule has 3 aromatic rings. The third kappa shape index (κ3) is 7.39. The molecule has 0 saturated carbocycles. The van der Waals surface area contributed by atoms with Crippen LogP contribution in [0.15, 0.2) is 35.4 Å². The monoisotopic (exact) mass is 511 g/mol. The Labute approximate surface area is 217 Å². The number of methoxy groups -OCH3 is 1. The predicted octanol–water partition coefficient (Wildman–Crippen LogP) is 3.14. The second-order valence-electron chi connectivity index (χ2n) is 8.36. The van der Waals surface area contributed by atoms with Crippen LogP contribution >= 0.6 is 0 Å². The number of carbonyl (C=O) groups excluding carboxylic acids is 1. The minimum absolute atomic E-state index is 0.0859. The van der Waals surface area contributed by atoms with E-state index in [0.29, 0.717) is 75.0 Å². The van der Waals surface area contributed by atoms with E-state index in [0.717, 1.165) is 12.0 Å². The standard InChI is InChI=1S/C26H37N7O4/c1-5-14-37-15-13-33-22-16-20(19-9-10-23(36-4)30-17-19)29-18-21(22)31-24(25(33)34)27-11-8-12-28-26(35)32(6-2)7-3/h9-10,16-18H,5-8,11-15H2,1-4H3,(H,27,31)(H,28,35). The number of hydrogen-bond donors (Lipinski definition) is 2. The largest absolute Gasteiger partial charge is 0.481 e. The lowest BCUT2D eigenvalue weighted by Gasteiger charge is -2.19. The van der Waals surface area contributed by atoms with Gasteiger partial charge >= 0.3 is 6.03 Å². The number of fused-ring (bicyclic) bond motifs is 1. The van der Waals surface area contributed by atoms with Crippen LogP contribution in [0, 0.1) is 0 Å². The Morgan fingerprint density at radius 3 is 2.57 bits per heavy atom. The summed E-state index contributed by atoms with van der Waals surface area (Å²) >= 11 is 0. The fourth-order valence-corrected chi connectivity index (χ4v) is 3.81. The highest BCUT2D eigenvalue weighted by Crippen LogP contribution is 2.22. The van der Waals surface area contributed by atoms with Gasteiger partial charge in [0, 0.05) is 57.2 Å². The van der Waals surface area contributed by atoms with Crippen LogP contribution in [0.3, 0.4) is 0 Å². The molecule has 0 aliphatic carbocycles. The molecule has 0 unspecified atom stereocenters. The maximum atomic E-state index is 13.4. The predicted molar refractivity (Wildman–Crippen MR) is 144 cm³/mol. The summed E-state index contributed by atoms with van der Waals surface area (Å²) in [6, 6.07) is 5.40. The molecule has 0 atom stereocenters. The zero-order valence-corrected chi connectivity index (χ0v) is 22.1. The van der Waals surface area contributed by atoms with Crippen molar-refractivity contribution in [3.05, 3.63) is 40.9 Å². The number of nitrogens with zero attached hydrogens (tertiary/aromatic N) is 5. The zero-order valence-electron chi connectivity index (χ0n) is 22.1. The molecule has 11 heteroatoms. The summed E-state index contributed by atoms with van der Waals surface area (Å²) in [6.45, 7) is 9.66. The zero-order chi connectivity index (χ0) is 26.6. The number of anilines is 1. The number of carbonyl (C=O) groups is 1. The summed E-state index contributed by atoms with van der Waals surface area (Å²) in [5, 5.41) is 6.03. The fraction of sp³-hybridized carbons (Fsp3) is 0.500. The van der Waals surface area contributed by atoms with Crippen molar-refractivity contribution < 1.29 is 14.3 Å². The summed E-state index contributed by atoms with van der Waals surface area (Å²) in [6.07, 6.45) is 4.89. The molecule has 0 aliphatic heterocycles. The molecule has 2 amide bonds. The molecule has 0 fully saturated rings. The Balaban J connectivity index is 1.79. The molecule has 37 heavy (non-hydrogen) atoms. The van der Waals surface area contributed by atoms with E-state index >= 15 is 0 Å². The van der Waals surface area contributed by atoms with E-state index in [1.165, 1.54) is 0 Å². The van der Waals surface area contributed by atoms with Crippen molar-refractivity contribution in [3.8, 4) is 17.1 Å². The quantitative estimate of drug-likeness (QED) is 0.317. The number of urea groups is 1. The molecule has 0 radical (unpaired) electrons. The van der Waals surface area contributed by atoms with Gasteiger partial charge in [0.15, 0.2) is 5.82 Å². The SMILES string of the molecule is CCCOCCn1c(=O)c(NCCCNC(=O)N(CC)CC)nc2cnc(-c3ccc(OC)nc3)cc21. The van der Waals surface area contributed by atoms with E-state index in [9.17, 15) is 9.59 Å². The van der Waals surface area contributed by atoms with Crippen LogP contribution in [0.1, 0.15) is 33.6 Å². The number of nitrogens with one attached hydrogen (secondary N) is 2. The molecule has 3 heterocycles. The number of hydrogen-bond acceptors (Lipinski definition) is 8. The van der Waals surface area contributed by atoms with Gasteiger partial charge in [0.2, 0.25) is 5.88 Å². The lowest BCUT2D eigenvalue weighted by molar-refractivity contribution is 0.127. The van der Waals surface area contributed by atoms with E-state index in [4.69, 9.17) is 9.47 Å². The molecule has 3 aromatic heterocycles. The minimum Gasteiger partial charge on any atom is -0.481 e. The number of rotatable bonds is 14. The first-order valence-electron chi connectivity index (χ1n) is 12.8. The van der Waals surface area contributed by atoms with Crippen LogP contribution in [0.5, 0.6) is 5.88 Å². The number of amides is 2. The summed E-state index contributed by atoms with van der Waals surface area (Å²) in [4.78, 5) is 40.5. The highest BCUT2D eigenvalue weighted by atomic mass is 16.5. The van der Waals surface area contributed by atoms with Crippen molar-refractivity contribution in [3.63, 3.8) is 0 Å². The normalized spacial score (nSPS) is 10.9. The Morgan fingerprint density at radius 1 is 1.08 bits per heavy atom. The molecule has 0 saturated heterocycles. The van der Waals surface area contributed by atoms with Crippen LogP contribution in [-0.4, -0.2) is 77.0 Å². The molecule has 0 spiro atoms. The molecule has 0 aromatic carbocycles. The highest BCUT2D eigenvalue weighted by molar-refractivity contribution is 5.80. The molecule has 200 valence electrons. The topological polar surface area (TPSA) is 124 Å². The van der Waals surface area contributed by atoms with E-state index in [1.807, 2.05) is 32.9 Å². The van der Waals surface area contributed by atoms with Gasteiger partial charge in [-0.05, 0) is 38.8 Å². The van der Waals surface area contributed by atoms with Gasteiger partial charge in [-0.2, -0.15) is 0 Å². The van der Waals surface area contributed by atoms with Gasteiger partial charge in [-0.1, -0.05) is 6.92 Å². The van der Waals surface area contributed by atoms with Crippen molar-refractivity contribution in [2.24, 2.45) is 0 Å². The summed E-state index contributed by atoms with van der Waals surface area (Å²) in [5.74, 6) is 0.762. The van der Waals surface area contributed by atoms with Gasteiger partial charge in [-0.25, -0.2) is 14.8 Å². The van der Waals surface area contributed by atoms with Crippen molar-refractivity contribution in [2.45, 2.75) is 40.2 Å². The molecular formula is C26H37N7O4. The lowest BCUT2D eigenvalue weighted by atomic mass is 10.2. The third-order valence-electron chi connectivity index (χ3n) is 5.85. The summed E-state index contributed by atoms with van der Waals surface area (Å²) in [7, 11) is 1.56.